The first-order valence-electron chi connectivity index (χ1n) is 8.63. The average Bonchev–Trinajstić information content (AvgIpc) is 2.52. The number of hydrogen-bond acceptors (Lipinski definition) is 3. The van der Waals surface area contributed by atoms with Gasteiger partial charge in [0.05, 0.1) is 6.61 Å². The smallest absolute Gasteiger partial charge is 0.410 e. The third-order valence-corrected chi connectivity index (χ3v) is 4.37. The Bertz CT molecular complexity index is 516. The van der Waals surface area contributed by atoms with Crippen molar-refractivity contribution in [2.45, 2.75) is 52.2 Å². The van der Waals surface area contributed by atoms with Crippen LogP contribution in [0.5, 0.6) is 0 Å². The van der Waals surface area contributed by atoms with E-state index in [1.165, 1.54) is 0 Å². The SMILES string of the molecule is CC(C)(C)OC(=O)N1CCC(CCOCc2ccc(Cl)cc2)CC1. The van der Waals surface area contributed by atoms with Crippen LogP contribution in [0.15, 0.2) is 24.3 Å². The van der Waals surface area contributed by atoms with Crippen LogP contribution in [0.25, 0.3) is 0 Å². The molecule has 1 aromatic carbocycles. The zero-order chi connectivity index (χ0) is 17.6. The summed E-state index contributed by atoms with van der Waals surface area (Å²) in [7, 11) is 0. The van der Waals surface area contributed by atoms with Gasteiger partial charge in [0.25, 0.3) is 0 Å². The second-order valence-electron chi connectivity index (χ2n) is 7.38. The number of ether oxygens (including phenoxy) is 2. The largest absolute Gasteiger partial charge is 0.444 e. The van der Waals surface area contributed by atoms with E-state index in [4.69, 9.17) is 21.1 Å². The summed E-state index contributed by atoms with van der Waals surface area (Å²) in [6, 6.07) is 7.74. The fourth-order valence-corrected chi connectivity index (χ4v) is 2.88. The van der Waals surface area contributed by atoms with Crippen LogP contribution < -0.4 is 0 Å². The molecule has 0 spiro atoms. The van der Waals surface area contributed by atoms with Gasteiger partial charge in [-0.3, -0.25) is 0 Å². The van der Waals surface area contributed by atoms with Crippen molar-refractivity contribution in [1.29, 1.82) is 0 Å². The van der Waals surface area contributed by atoms with Gasteiger partial charge in [-0.2, -0.15) is 0 Å². The number of carbonyl (C=O) groups excluding carboxylic acids is 1. The van der Waals surface area contributed by atoms with Crippen LogP contribution >= 0.6 is 11.6 Å². The number of likely N-dealkylation sites (tertiary alicyclic amines) is 1. The number of rotatable bonds is 5. The predicted octanol–water partition coefficient (Wildman–Crippen LogP) is 4.89. The number of amides is 1. The summed E-state index contributed by atoms with van der Waals surface area (Å²) in [5.41, 5.74) is 0.711. The zero-order valence-electron chi connectivity index (χ0n) is 14.9. The normalized spacial score (nSPS) is 16.2. The number of carbonyl (C=O) groups is 1. The van der Waals surface area contributed by atoms with Gasteiger partial charge < -0.3 is 14.4 Å². The van der Waals surface area contributed by atoms with E-state index in [-0.39, 0.29) is 6.09 Å². The molecule has 1 aliphatic heterocycles. The summed E-state index contributed by atoms with van der Waals surface area (Å²) in [4.78, 5) is 13.8. The van der Waals surface area contributed by atoms with Gasteiger partial charge in [0.2, 0.25) is 0 Å². The van der Waals surface area contributed by atoms with Gasteiger partial charge in [-0.1, -0.05) is 23.7 Å². The summed E-state index contributed by atoms with van der Waals surface area (Å²) in [6.07, 6.45) is 2.88. The summed E-state index contributed by atoms with van der Waals surface area (Å²) in [6.45, 7) is 8.61. The number of benzene rings is 1. The Morgan fingerprint density at radius 3 is 2.42 bits per heavy atom. The zero-order valence-corrected chi connectivity index (χ0v) is 15.6. The second kappa shape index (κ2) is 8.72. The van der Waals surface area contributed by atoms with Crippen LogP contribution in [0.1, 0.15) is 45.6 Å². The molecule has 1 amide bonds. The first-order valence-corrected chi connectivity index (χ1v) is 9.01. The summed E-state index contributed by atoms with van der Waals surface area (Å²) in [5.74, 6) is 0.619. The van der Waals surface area contributed by atoms with Crippen molar-refractivity contribution >= 4 is 17.7 Å². The average molecular weight is 354 g/mol. The molecule has 1 saturated heterocycles. The summed E-state index contributed by atoms with van der Waals surface area (Å²) in [5, 5.41) is 0.746. The monoisotopic (exact) mass is 353 g/mol. The lowest BCUT2D eigenvalue weighted by atomic mass is 9.94. The summed E-state index contributed by atoms with van der Waals surface area (Å²) >= 11 is 5.87. The minimum Gasteiger partial charge on any atom is -0.444 e. The highest BCUT2D eigenvalue weighted by atomic mass is 35.5. The van der Waals surface area contributed by atoms with E-state index in [1.807, 2.05) is 49.9 Å². The van der Waals surface area contributed by atoms with E-state index < -0.39 is 5.60 Å². The molecule has 1 aromatic rings. The van der Waals surface area contributed by atoms with Gasteiger partial charge in [-0.25, -0.2) is 4.79 Å². The molecule has 0 bridgehead atoms. The highest BCUT2D eigenvalue weighted by molar-refractivity contribution is 6.30. The molecular formula is C19H28ClNO3. The van der Waals surface area contributed by atoms with Crippen LogP contribution in [0.4, 0.5) is 4.79 Å². The topological polar surface area (TPSA) is 38.8 Å². The number of piperidine rings is 1. The van der Waals surface area contributed by atoms with Gasteiger partial charge in [0, 0.05) is 24.7 Å². The van der Waals surface area contributed by atoms with Gasteiger partial charge in [0.1, 0.15) is 5.60 Å². The Labute approximate surface area is 150 Å². The lowest BCUT2D eigenvalue weighted by molar-refractivity contribution is 0.0164. The molecule has 1 heterocycles. The molecule has 2 rings (SSSR count). The van der Waals surface area contributed by atoms with Crippen molar-refractivity contribution in [1.82, 2.24) is 4.90 Å². The maximum absolute atomic E-state index is 12.0. The molecule has 4 nitrogen and oxygen atoms in total. The third-order valence-electron chi connectivity index (χ3n) is 4.12. The number of halogens is 1. The Hall–Kier alpha value is -1.26. The first-order chi connectivity index (χ1) is 11.3. The Kier molecular flexibility index (Phi) is 6.93. The van der Waals surface area contributed by atoms with Gasteiger partial charge in [-0.05, 0) is 63.6 Å². The van der Waals surface area contributed by atoms with E-state index >= 15 is 0 Å². The first kappa shape index (κ1) is 19.1. The maximum atomic E-state index is 12.0. The number of nitrogens with zero attached hydrogens (tertiary/aromatic N) is 1. The molecule has 24 heavy (non-hydrogen) atoms. The van der Waals surface area contributed by atoms with Crippen LogP contribution in [0.3, 0.4) is 0 Å². The van der Waals surface area contributed by atoms with Crippen molar-refractivity contribution in [3.63, 3.8) is 0 Å². The van der Waals surface area contributed by atoms with Gasteiger partial charge >= 0.3 is 6.09 Å². The van der Waals surface area contributed by atoms with Crippen LogP contribution in [-0.2, 0) is 16.1 Å². The highest BCUT2D eigenvalue weighted by Crippen LogP contribution is 2.22. The van der Waals surface area contributed by atoms with Crippen molar-refractivity contribution in [2.24, 2.45) is 5.92 Å². The highest BCUT2D eigenvalue weighted by Gasteiger charge is 2.26. The molecule has 0 aliphatic carbocycles. The lowest BCUT2D eigenvalue weighted by Gasteiger charge is -2.33. The Morgan fingerprint density at radius 2 is 1.83 bits per heavy atom. The molecule has 5 heteroatoms. The standard InChI is InChI=1S/C19H28ClNO3/c1-19(2,3)24-18(22)21-11-8-15(9-12-21)10-13-23-14-16-4-6-17(20)7-5-16/h4-7,15H,8-14H2,1-3H3. The van der Waals surface area contributed by atoms with Crippen molar-refractivity contribution in [2.75, 3.05) is 19.7 Å². The maximum Gasteiger partial charge on any atom is 0.410 e. The fraction of sp³-hybridized carbons (Fsp3) is 0.632. The Balaban J connectivity index is 1.61. The molecule has 0 atom stereocenters. The quantitative estimate of drug-likeness (QED) is 0.707. The van der Waals surface area contributed by atoms with Gasteiger partial charge in [-0.15, -0.1) is 0 Å². The van der Waals surface area contributed by atoms with Gasteiger partial charge in [0.15, 0.2) is 0 Å². The van der Waals surface area contributed by atoms with E-state index in [1.54, 1.807) is 0 Å². The molecular weight excluding hydrogens is 326 g/mol. The summed E-state index contributed by atoms with van der Waals surface area (Å²) < 4.78 is 11.2. The minimum absolute atomic E-state index is 0.195. The fourth-order valence-electron chi connectivity index (χ4n) is 2.75. The molecule has 0 N–H and O–H groups in total. The van der Waals surface area contributed by atoms with Crippen LogP contribution in [-0.4, -0.2) is 36.3 Å². The van der Waals surface area contributed by atoms with E-state index in [0.717, 1.165) is 49.5 Å². The van der Waals surface area contributed by atoms with Crippen molar-refractivity contribution in [3.8, 4) is 0 Å². The lowest BCUT2D eigenvalue weighted by Crippen LogP contribution is -2.41. The molecule has 0 radical (unpaired) electrons. The Morgan fingerprint density at radius 1 is 1.21 bits per heavy atom. The molecule has 0 aromatic heterocycles. The molecule has 0 saturated carbocycles. The van der Waals surface area contributed by atoms with E-state index in [9.17, 15) is 4.79 Å². The van der Waals surface area contributed by atoms with E-state index in [2.05, 4.69) is 0 Å². The molecule has 1 aliphatic rings. The third kappa shape index (κ3) is 6.70. The second-order valence-corrected chi connectivity index (χ2v) is 7.81. The van der Waals surface area contributed by atoms with Crippen LogP contribution in [0.2, 0.25) is 5.02 Å². The minimum atomic E-state index is -0.427. The number of hydrogen-bond donors (Lipinski definition) is 0. The van der Waals surface area contributed by atoms with Crippen LogP contribution in [0, 0.1) is 5.92 Å². The molecule has 0 unspecified atom stereocenters. The van der Waals surface area contributed by atoms with Crippen molar-refractivity contribution in [3.05, 3.63) is 34.9 Å². The van der Waals surface area contributed by atoms with Crippen molar-refractivity contribution < 1.29 is 14.3 Å². The molecule has 1 fully saturated rings. The molecule has 134 valence electrons. The van der Waals surface area contributed by atoms with E-state index in [0.29, 0.717) is 12.5 Å². The predicted molar refractivity (Wildman–Crippen MR) is 96.3 cm³/mol.